The summed E-state index contributed by atoms with van der Waals surface area (Å²) >= 11 is 5.48. The number of alkyl halides is 3. The Bertz CT molecular complexity index is 1440. The van der Waals surface area contributed by atoms with Gasteiger partial charge in [-0.2, -0.15) is 30.2 Å². The Kier molecular flexibility index (Phi) is 9.82. The number of benzene rings is 2. The third kappa shape index (κ3) is 8.54. The minimum atomic E-state index is -4.02. The fourth-order valence-electron chi connectivity index (χ4n) is 4.09. The summed E-state index contributed by atoms with van der Waals surface area (Å²) in [5, 5.41) is 7.00. The van der Waals surface area contributed by atoms with Crippen LogP contribution in [0.2, 0.25) is 0 Å². The van der Waals surface area contributed by atoms with Crippen molar-refractivity contribution >= 4 is 63.3 Å². The average Bonchev–Trinajstić information content (AvgIpc) is 3.28. The number of nitrogens with two attached hydrogens (primary N) is 1. The first-order valence-corrected chi connectivity index (χ1v) is 14.0. The fourth-order valence-corrected chi connectivity index (χ4v) is 5.13. The zero-order valence-corrected chi connectivity index (χ0v) is 23.5. The van der Waals surface area contributed by atoms with Gasteiger partial charge in [0.25, 0.3) is 5.91 Å². The molecular formula is C27H30F3N7OS2. The lowest BCUT2D eigenvalue weighted by atomic mass is 10.1. The minimum absolute atomic E-state index is 0.143. The van der Waals surface area contributed by atoms with Crippen molar-refractivity contribution in [3.8, 4) is 0 Å². The summed E-state index contributed by atoms with van der Waals surface area (Å²) in [4.78, 5) is 23.5. The second-order valence-electron chi connectivity index (χ2n) is 9.36. The number of fused-ring (bicyclic) bond motifs is 1. The topological polar surface area (TPSA) is 109 Å². The van der Waals surface area contributed by atoms with Crippen LogP contribution in [0.1, 0.15) is 35.3 Å². The van der Waals surface area contributed by atoms with E-state index >= 15 is 0 Å². The van der Waals surface area contributed by atoms with Gasteiger partial charge < -0.3 is 21.3 Å². The Morgan fingerprint density at radius 2 is 1.88 bits per heavy atom. The number of nitrogens with one attached hydrogen (secondary N) is 2. The summed E-state index contributed by atoms with van der Waals surface area (Å²) < 4.78 is 39.8. The van der Waals surface area contributed by atoms with E-state index in [2.05, 4.69) is 37.6 Å². The van der Waals surface area contributed by atoms with Gasteiger partial charge in [0.1, 0.15) is 10.8 Å². The number of carbonyl (C=O) groups is 1. The van der Waals surface area contributed by atoms with Gasteiger partial charge in [-0.05, 0) is 74.7 Å². The number of likely N-dealkylation sites (tertiary alicyclic amines) is 1. The highest BCUT2D eigenvalue weighted by Crippen LogP contribution is 2.29. The highest BCUT2D eigenvalue weighted by Gasteiger charge is 2.28. The first-order chi connectivity index (χ1) is 19.1. The van der Waals surface area contributed by atoms with Crippen LogP contribution < -0.4 is 16.4 Å². The van der Waals surface area contributed by atoms with Crippen LogP contribution in [0.15, 0.2) is 54.7 Å². The molecule has 5 rings (SSSR count). The van der Waals surface area contributed by atoms with Gasteiger partial charge in [0.2, 0.25) is 0 Å². The highest BCUT2D eigenvalue weighted by molar-refractivity contribution is 7.80. The van der Waals surface area contributed by atoms with Crippen molar-refractivity contribution in [3.05, 3.63) is 66.0 Å². The lowest BCUT2D eigenvalue weighted by Crippen LogP contribution is -2.36. The molecule has 2 aromatic carbocycles. The Labute approximate surface area is 239 Å². The van der Waals surface area contributed by atoms with E-state index in [9.17, 15) is 18.0 Å². The average molecular weight is 590 g/mol. The molecule has 13 heteroatoms. The molecular weight excluding hydrogens is 559 g/mol. The number of piperidine rings is 1. The quantitative estimate of drug-likeness (QED) is 0.154. The summed E-state index contributed by atoms with van der Waals surface area (Å²) in [6, 6.07) is 14.6. The lowest BCUT2D eigenvalue weighted by Gasteiger charge is -2.29. The maximum absolute atomic E-state index is 12.8. The van der Waals surface area contributed by atoms with Crippen molar-refractivity contribution in [3.63, 3.8) is 0 Å². The number of amides is 1. The first kappa shape index (κ1) is 29.6. The molecule has 1 fully saturated rings. The number of aromatic nitrogens is 3. The van der Waals surface area contributed by atoms with Crippen LogP contribution in [0.4, 0.5) is 35.4 Å². The van der Waals surface area contributed by atoms with Gasteiger partial charge in [-0.15, -0.1) is 0 Å². The van der Waals surface area contributed by atoms with E-state index in [1.54, 1.807) is 37.4 Å². The van der Waals surface area contributed by atoms with E-state index in [1.165, 1.54) is 11.5 Å². The number of nitrogens with zero attached hydrogens (tertiary/aromatic N) is 4. The molecule has 0 saturated carbocycles. The number of nitrogen functional groups attached to an aromatic ring is 1. The number of rotatable bonds is 6. The Hall–Kier alpha value is -3.42. The molecule has 1 saturated heterocycles. The molecule has 1 aliphatic heterocycles. The van der Waals surface area contributed by atoms with E-state index in [4.69, 9.17) is 5.73 Å². The lowest BCUT2D eigenvalue weighted by molar-refractivity contribution is -0.138. The Morgan fingerprint density at radius 3 is 2.58 bits per heavy atom. The maximum Gasteiger partial charge on any atom is 0.390 e. The van der Waals surface area contributed by atoms with Crippen molar-refractivity contribution in [1.29, 1.82) is 0 Å². The van der Waals surface area contributed by atoms with Crippen molar-refractivity contribution in [1.82, 2.24) is 19.2 Å². The molecule has 3 heterocycles. The van der Waals surface area contributed by atoms with Gasteiger partial charge in [0.15, 0.2) is 0 Å². The number of halogens is 3. The maximum atomic E-state index is 12.8. The molecule has 1 amide bonds. The normalized spacial score (nSPS) is 14.4. The predicted octanol–water partition coefficient (Wildman–Crippen LogP) is 6.31. The Morgan fingerprint density at radius 1 is 1.15 bits per heavy atom. The van der Waals surface area contributed by atoms with Gasteiger partial charge in [-0.3, -0.25) is 9.78 Å². The third-order valence-electron chi connectivity index (χ3n) is 6.19. The second kappa shape index (κ2) is 13.3. The van der Waals surface area contributed by atoms with Crippen LogP contribution in [0, 0.1) is 6.92 Å². The molecule has 8 nitrogen and oxygen atoms in total. The smallest absolute Gasteiger partial charge is 0.390 e. The Balaban J connectivity index is 0.000000240. The molecule has 0 spiro atoms. The van der Waals surface area contributed by atoms with Crippen LogP contribution in [0.5, 0.6) is 0 Å². The van der Waals surface area contributed by atoms with Crippen molar-refractivity contribution in [2.45, 2.75) is 37.6 Å². The number of carbonyl (C=O) groups excluding carboxylic acids is 1. The number of thiol groups is 1. The molecule has 0 radical (unpaired) electrons. The van der Waals surface area contributed by atoms with Crippen molar-refractivity contribution < 1.29 is 18.0 Å². The van der Waals surface area contributed by atoms with Gasteiger partial charge in [-0.25, -0.2) is 4.98 Å². The molecule has 4 aromatic rings. The van der Waals surface area contributed by atoms with Crippen LogP contribution in [0.25, 0.3) is 11.0 Å². The molecule has 40 heavy (non-hydrogen) atoms. The molecule has 0 unspecified atom stereocenters. The monoisotopic (exact) mass is 589 g/mol. The first-order valence-electron chi connectivity index (χ1n) is 12.7. The minimum Gasteiger partial charge on any atom is -0.399 e. The largest absolute Gasteiger partial charge is 0.399 e. The standard InChI is InChI=1S/C19H16N6OS.C8H14F3NS/c1-11-17(18(26)22-13-6-4-5-12(20)9-13)19(27-25-11)24-16-10-21-14-7-2-3-8-15(14)23-16;9-8(10,11)3-6-12-4-1-7(13)2-5-12/h2-10H,20H2,1H3,(H,22,26)(H,23,24);7,13H,1-6H2. The van der Waals surface area contributed by atoms with E-state index in [0.29, 0.717) is 38.7 Å². The number of aryl methyl sites for hydroxylation is 1. The number of hydrogen-bond acceptors (Lipinski definition) is 9. The molecule has 212 valence electrons. The molecule has 4 N–H and O–H groups in total. The molecule has 0 aliphatic carbocycles. The molecule has 0 bridgehead atoms. The van der Waals surface area contributed by atoms with Crippen LogP contribution in [-0.2, 0) is 0 Å². The summed E-state index contributed by atoms with van der Waals surface area (Å²) in [5.41, 5.74) is 9.67. The molecule has 0 atom stereocenters. The van der Waals surface area contributed by atoms with E-state index in [0.717, 1.165) is 37.0 Å². The van der Waals surface area contributed by atoms with Crippen LogP contribution in [0.3, 0.4) is 0 Å². The fraction of sp³-hybridized carbons (Fsp3) is 0.333. The molecule has 2 aromatic heterocycles. The van der Waals surface area contributed by atoms with Crippen LogP contribution in [-0.4, -0.2) is 56.2 Å². The van der Waals surface area contributed by atoms with E-state index < -0.39 is 12.6 Å². The zero-order valence-electron chi connectivity index (χ0n) is 21.8. The van der Waals surface area contributed by atoms with Crippen molar-refractivity contribution in [2.75, 3.05) is 36.0 Å². The van der Waals surface area contributed by atoms with Gasteiger partial charge in [0.05, 0.1) is 34.9 Å². The highest BCUT2D eigenvalue weighted by atomic mass is 32.1. The van der Waals surface area contributed by atoms with Gasteiger partial charge >= 0.3 is 6.18 Å². The third-order valence-corrected chi connectivity index (χ3v) is 7.56. The number of anilines is 4. The number of para-hydroxylation sites is 2. The second-order valence-corrected chi connectivity index (χ2v) is 10.9. The summed E-state index contributed by atoms with van der Waals surface area (Å²) in [6.07, 6.45) is -1.26. The van der Waals surface area contributed by atoms with Gasteiger partial charge in [0, 0.05) is 23.2 Å². The summed E-state index contributed by atoms with van der Waals surface area (Å²) in [5.74, 6) is 0.290. The summed E-state index contributed by atoms with van der Waals surface area (Å²) in [7, 11) is 0. The van der Waals surface area contributed by atoms with Gasteiger partial charge in [-0.1, -0.05) is 18.2 Å². The van der Waals surface area contributed by atoms with Crippen LogP contribution >= 0.6 is 24.2 Å². The SMILES string of the molecule is Cc1nsc(Nc2cnc3ccccc3n2)c1C(=O)Nc1cccc(N)c1.FC(F)(F)CCN1CCC(S)CC1. The molecule has 1 aliphatic rings. The predicted molar refractivity (Wildman–Crippen MR) is 158 cm³/mol. The summed E-state index contributed by atoms with van der Waals surface area (Å²) in [6.45, 7) is 3.44. The van der Waals surface area contributed by atoms with E-state index in [-0.39, 0.29) is 12.5 Å². The number of hydrogen-bond donors (Lipinski definition) is 4. The van der Waals surface area contributed by atoms with Crippen molar-refractivity contribution in [2.24, 2.45) is 0 Å². The van der Waals surface area contributed by atoms with E-state index in [1.807, 2.05) is 29.2 Å². The zero-order chi connectivity index (χ0) is 28.7.